The Labute approximate surface area is 196 Å². The summed E-state index contributed by atoms with van der Waals surface area (Å²) in [6.45, 7) is 6.60. The molecule has 3 rings (SSSR count). The van der Waals surface area contributed by atoms with E-state index in [1.165, 1.54) is 0 Å². The first-order valence-electron chi connectivity index (χ1n) is 10.7. The Morgan fingerprint density at radius 3 is 2.12 bits per heavy atom. The summed E-state index contributed by atoms with van der Waals surface area (Å²) < 4.78 is 28.5. The average Bonchev–Trinajstić information content (AvgIpc) is 2.77. The molecule has 0 fully saturated rings. The van der Waals surface area contributed by atoms with Gasteiger partial charge in [0.15, 0.2) is 0 Å². The number of hydrogen-bond donors (Lipinski definition) is 2. The third-order valence-corrected chi connectivity index (χ3v) is 6.70. The third-order valence-electron chi connectivity index (χ3n) is 5.30. The van der Waals surface area contributed by atoms with E-state index in [1.54, 1.807) is 30.3 Å². The molecule has 0 aliphatic carbocycles. The van der Waals surface area contributed by atoms with Gasteiger partial charge in [0.1, 0.15) is 0 Å². The minimum Gasteiger partial charge on any atom is -0.377 e. The maximum atomic E-state index is 13.0. The van der Waals surface area contributed by atoms with E-state index >= 15 is 0 Å². The molecule has 0 unspecified atom stereocenters. The summed E-state index contributed by atoms with van der Waals surface area (Å²) in [6.07, 6.45) is 0. The Balaban J connectivity index is 1.84. The van der Waals surface area contributed by atoms with E-state index in [2.05, 4.69) is 30.8 Å². The van der Waals surface area contributed by atoms with Gasteiger partial charge in [-0.05, 0) is 46.9 Å². The zero-order valence-corrected chi connectivity index (χ0v) is 20.5. The molecule has 0 spiro atoms. The van der Waals surface area contributed by atoms with Gasteiger partial charge in [0.05, 0.1) is 10.5 Å². The second-order valence-electron chi connectivity index (χ2n) is 9.17. The molecule has 0 atom stereocenters. The van der Waals surface area contributed by atoms with E-state index < -0.39 is 10.0 Å². The summed E-state index contributed by atoms with van der Waals surface area (Å²) in [5.41, 5.74) is 3.37. The molecule has 7 heteroatoms. The van der Waals surface area contributed by atoms with Crippen LogP contribution in [-0.2, 0) is 22.0 Å². The predicted molar refractivity (Wildman–Crippen MR) is 134 cm³/mol. The van der Waals surface area contributed by atoms with Gasteiger partial charge in [-0.1, -0.05) is 63.2 Å². The molecule has 1 amide bonds. The van der Waals surface area contributed by atoms with E-state index in [1.807, 2.05) is 61.5 Å². The number of nitrogens with one attached hydrogen (secondary N) is 2. The molecule has 0 aliphatic rings. The summed E-state index contributed by atoms with van der Waals surface area (Å²) in [4.78, 5) is 14.9. The largest absolute Gasteiger partial charge is 0.377 e. The SMILES string of the molecule is CN(C)c1ccc(NS(=O)(=O)c2ccc(C(C)(C)C)cc2)cc1C(=O)NCc1ccccc1. The zero-order chi connectivity index (χ0) is 24.2. The number of amides is 1. The summed E-state index contributed by atoms with van der Waals surface area (Å²) in [6, 6.07) is 21.4. The molecule has 0 radical (unpaired) electrons. The molecule has 3 aromatic rings. The fourth-order valence-electron chi connectivity index (χ4n) is 3.39. The highest BCUT2D eigenvalue weighted by Gasteiger charge is 2.20. The molecule has 174 valence electrons. The average molecular weight is 466 g/mol. The van der Waals surface area contributed by atoms with Crippen molar-refractivity contribution >= 4 is 27.3 Å². The molecule has 2 N–H and O–H groups in total. The van der Waals surface area contributed by atoms with Crippen molar-refractivity contribution in [3.05, 3.63) is 89.5 Å². The van der Waals surface area contributed by atoms with Crippen molar-refractivity contribution in [2.45, 2.75) is 37.6 Å². The van der Waals surface area contributed by atoms with Crippen LogP contribution in [-0.4, -0.2) is 28.4 Å². The second kappa shape index (κ2) is 9.67. The van der Waals surface area contributed by atoms with Gasteiger partial charge in [-0.3, -0.25) is 9.52 Å². The van der Waals surface area contributed by atoms with Gasteiger partial charge in [-0.25, -0.2) is 8.42 Å². The Hall–Kier alpha value is -3.32. The third kappa shape index (κ3) is 6.14. The van der Waals surface area contributed by atoms with Gasteiger partial charge in [-0.15, -0.1) is 0 Å². The fourth-order valence-corrected chi connectivity index (χ4v) is 4.44. The Kier molecular flexibility index (Phi) is 7.12. The lowest BCUT2D eigenvalue weighted by molar-refractivity contribution is 0.0951. The minimum atomic E-state index is -3.80. The highest BCUT2D eigenvalue weighted by Crippen LogP contribution is 2.27. The Morgan fingerprint density at radius 2 is 1.55 bits per heavy atom. The molecule has 0 aromatic heterocycles. The first kappa shape index (κ1) is 24.3. The normalized spacial score (nSPS) is 11.7. The second-order valence-corrected chi connectivity index (χ2v) is 10.9. The van der Waals surface area contributed by atoms with Crippen molar-refractivity contribution < 1.29 is 13.2 Å². The summed E-state index contributed by atoms with van der Waals surface area (Å²) in [5, 5.41) is 2.91. The van der Waals surface area contributed by atoms with Crippen LogP contribution in [0.4, 0.5) is 11.4 Å². The van der Waals surface area contributed by atoms with E-state index in [4.69, 9.17) is 0 Å². The van der Waals surface area contributed by atoms with Crippen LogP contribution in [0, 0.1) is 0 Å². The topological polar surface area (TPSA) is 78.5 Å². The van der Waals surface area contributed by atoms with Gasteiger partial charge in [0.25, 0.3) is 15.9 Å². The van der Waals surface area contributed by atoms with Crippen LogP contribution < -0.4 is 14.9 Å². The Morgan fingerprint density at radius 1 is 0.909 bits per heavy atom. The number of rotatable bonds is 7. The summed E-state index contributed by atoms with van der Waals surface area (Å²) in [5.74, 6) is -0.280. The van der Waals surface area contributed by atoms with Gasteiger partial charge in [0, 0.05) is 32.0 Å². The molecule has 33 heavy (non-hydrogen) atoms. The van der Waals surface area contributed by atoms with E-state index in [0.29, 0.717) is 23.5 Å². The highest BCUT2D eigenvalue weighted by molar-refractivity contribution is 7.92. The molecular weight excluding hydrogens is 434 g/mol. The quantitative estimate of drug-likeness (QED) is 0.526. The number of anilines is 2. The number of sulfonamides is 1. The van der Waals surface area contributed by atoms with Crippen LogP contribution in [0.5, 0.6) is 0 Å². The van der Waals surface area contributed by atoms with Gasteiger partial charge in [0.2, 0.25) is 0 Å². The van der Waals surface area contributed by atoms with Crippen LogP contribution in [0.25, 0.3) is 0 Å². The molecule has 0 heterocycles. The van der Waals surface area contributed by atoms with Crippen molar-refractivity contribution in [2.75, 3.05) is 23.7 Å². The number of carbonyl (C=O) groups excluding carboxylic acids is 1. The molecule has 0 aliphatic heterocycles. The summed E-state index contributed by atoms with van der Waals surface area (Å²) in [7, 11) is -0.127. The smallest absolute Gasteiger partial charge is 0.261 e. The predicted octanol–water partition coefficient (Wildman–Crippen LogP) is 4.78. The van der Waals surface area contributed by atoms with E-state index in [9.17, 15) is 13.2 Å². The first-order valence-corrected chi connectivity index (χ1v) is 12.2. The molecule has 0 saturated carbocycles. The van der Waals surface area contributed by atoms with Crippen LogP contribution in [0.15, 0.2) is 77.7 Å². The van der Waals surface area contributed by atoms with Crippen molar-refractivity contribution in [1.82, 2.24) is 5.32 Å². The van der Waals surface area contributed by atoms with Gasteiger partial charge >= 0.3 is 0 Å². The van der Waals surface area contributed by atoms with Crippen LogP contribution in [0.1, 0.15) is 42.3 Å². The lowest BCUT2D eigenvalue weighted by Crippen LogP contribution is -2.25. The fraction of sp³-hybridized carbons (Fsp3) is 0.269. The number of nitrogens with zero attached hydrogens (tertiary/aromatic N) is 1. The maximum Gasteiger partial charge on any atom is 0.261 e. The standard InChI is InChI=1S/C26H31N3O3S/c1-26(2,3)20-11-14-22(15-12-20)33(31,32)28-21-13-16-24(29(4)5)23(17-21)25(30)27-18-19-9-7-6-8-10-19/h6-17,28H,18H2,1-5H3,(H,27,30). The van der Waals surface area contributed by atoms with Crippen molar-refractivity contribution in [1.29, 1.82) is 0 Å². The molecule has 6 nitrogen and oxygen atoms in total. The number of benzene rings is 3. The van der Waals surface area contributed by atoms with Crippen molar-refractivity contribution in [3.8, 4) is 0 Å². The zero-order valence-electron chi connectivity index (χ0n) is 19.7. The lowest BCUT2D eigenvalue weighted by atomic mass is 9.87. The van der Waals surface area contributed by atoms with Crippen LogP contribution in [0.3, 0.4) is 0 Å². The number of carbonyl (C=O) groups is 1. The van der Waals surface area contributed by atoms with Crippen molar-refractivity contribution in [3.63, 3.8) is 0 Å². The monoisotopic (exact) mass is 465 g/mol. The molecular formula is C26H31N3O3S. The highest BCUT2D eigenvalue weighted by atomic mass is 32.2. The first-order chi connectivity index (χ1) is 15.5. The van der Waals surface area contributed by atoms with E-state index in [0.717, 1.165) is 11.1 Å². The van der Waals surface area contributed by atoms with Gasteiger partial charge in [-0.2, -0.15) is 0 Å². The minimum absolute atomic E-state index is 0.0697. The van der Waals surface area contributed by atoms with Gasteiger partial charge < -0.3 is 10.2 Å². The number of hydrogen-bond acceptors (Lipinski definition) is 4. The molecule has 3 aromatic carbocycles. The summed E-state index contributed by atoms with van der Waals surface area (Å²) >= 11 is 0. The van der Waals surface area contributed by atoms with Crippen LogP contribution in [0.2, 0.25) is 0 Å². The van der Waals surface area contributed by atoms with E-state index in [-0.39, 0.29) is 16.2 Å². The maximum absolute atomic E-state index is 13.0. The lowest BCUT2D eigenvalue weighted by Gasteiger charge is -2.20. The molecule has 0 bridgehead atoms. The molecule has 0 saturated heterocycles. The van der Waals surface area contributed by atoms with Crippen LogP contribution >= 0.6 is 0 Å². The Bertz CT molecular complexity index is 1210. The van der Waals surface area contributed by atoms with Crippen molar-refractivity contribution in [2.24, 2.45) is 0 Å².